The van der Waals surface area contributed by atoms with E-state index in [1.807, 2.05) is 69.3 Å². The highest BCUT2D eigenvalue weighted by Gasteiger charge is 2.07. The van der Waals surface area contributed by atoms with Crippen LogP contribution in [0.25, 0.3) is 0 Å². The highest BCUT2D eigenvalue weighted by Crippen LogP contribution is 2.21. The molecule has 1 atom stereocenters. The molecule has 4 nitrogen and oxygen atoms in total. The third-order valence-electron chi connectivity index (χ3n) is 3.57. The number of nitrogens with one attached hydrogen (secondary N) is 1. The second-order valence-corrected chi connectivity index (χ2v) is 5.52. The van der Waals surface area contributed by atoms with Crippen LogP contribution in [0.15, 0.2) is 53.6 Å². The first-order valence-electron chi connectivity index (χ1n) is 7.64. The van der Waals surface area contributed by atoms with E-state index in [1.165, 1.54) is 0 Å². The van der Waals surface area contributed by atoms with E-state index >= 15 is 0 Å². The van der Waals surface area contributed by atoms with Gasteiger partial charge in [-0.3, -0.25) is 4.79 Å². The fraction of sp³-hybridized carbons (Fsp3) is 0.263. The molecule has 2 aromatic carbocycles. The maximum Gasteiger partial charge on any atom is 0.277 e. The molecule has 0 aliphatic carbocycles. The lowest BCUT2D eigenvalue weighted by atomic mass is 10.0. The number of para-hydroxylation sites is 1. The van der Waals surface area contributed by atoms with E-state index < -0.39 is 0 Å². The number of aryl methyl sites for hydroxylation is 2. The molecule has 0 saturated carbocycles. The van der Waals surface area contributed by atoms with Crippen molar-refractivity contribution in [3.63, 3.8) is 0 Å². The largest absolute Gasteiger partial charge is 0.483 e. The van der Waals surface area contributed by atoms with E-state index in [1.54, 1.807) is 6.21 Å². The number of rotatable bonds is 6. The molecule has 0 bridgehead atoms. The summed E-state index contributed by atoms with van der Waals surface area (Å²) in [4.78, 5) is 11.8. The summed E-state index contributed by atoms with van der Waals surface area (Å²) in [6, 6.07) is 15.9. The van der Waals surface area contributed by atoms with E-state index in [2.05, 4.69) is 10.5 Å². The van der Waals surface area contributed by atoms with Gasteiger partial charge in [-0.05, 0) is 30.5 Å². The van der Waals surface area contributed by atoms with Crippen LogP contribution >= 0.6 is 0 Å². The van der Waals surface area contributed by atoms with Crippen LogP contribution in [-0.2, 0) is 4.79 Å². The Hall–Kier alpha value is -2.62. The van der Waals surface area contributed by atoms with Crippen molar-refractivity contribution in [3.8, 4) is 5.75 Å². The van der Waals surface area contributed by atoms with Crippen molar-refractivity contribution in [1.29, 1.82) is 0 Å². The molecule has 0 aromatic heterocycles. The van der Waals surface area contributed by atoms with Crippen molar-refractivity contribution in [1.82, 2.24) is 5.43 Å². The van der Waals surface area contributed by atoms with Gasteiger partial charge in [0.2, 0.25) is 0 Å². The Bertz CT molecular complexity index is 661. The van der Waals surface area contributed by atoms with Gasteiger partial charge in [-0.15, -0.1) is 0 Å². The summed E-state index contributed by atoms with van der Waals surface area (Å²) in [6.45, 7) is 5.89. The average Bonchev–Trinajstić information content (AvgIpc) is 2.55. The molecule has 1 N–H and O–H groups in total. The number of hydrazone groups is 1. The SMILES string of the molecule is Cc1cccc(C)c1OCC(=O)NN=CC(C)c1ccccc1. The number of nitrogens with zero attached hydrogens (tertiary/aromatic N) is 1. The first-order valence-corrected chi connectivity index (χ1v) is 7.64. The molecule has 0 spiro atoms. The zero-order valence-electron chi connectivity index (χ0n) is 13.7. The van der Waals surface area contributed by atoms with Gasteiger partial charge in [0.25, 0.3) is 5.91 Å². The van der Waals surface area contributed by atoms with Gasteiger partial charge in [0.1, 0.15) is 5.75 Å². The minimum absolute atomic E-state index is 0.0528. The second-order valence-electron chi connectivity index (χ2n) is 5.52. The van der Waals surface area contributed by atoms with Crippen LogP contribution in [-0.4, -0.2) is 18.7 Å². The Morgan fingerprint density at radius 3 is 2.43 bits per heavy atom. The Kier molecular flexibility index (Phi) is 5.92. The lowest BCUT2D eigenvalue weighted by Gasteiger charge is -2.11. The first kappa shape index (κ1) is 16.7. The van der Waals surface area contributed by atoms with Crippen LogP contribution in [0, 0.1) is 13.8 Å². The zero-order valence-corrected chi connectivity index (χ0v) is 13.7. The van der Waals surface area contributed by atoms with Gasteiger partial charge in [0, 0.05) is 12.1 Å². The van der Waals surface area contributed by atoms with Crippen molar-refractivity contribution >= 4 is 12.1 Å². The van der Waals surface area contributed by atoms with Crippen LogP contribution in [0.5, 0.6) is 5.75 Å². The van der Waals surface area contributed by atoms with Crippen LogP contribution in [0.4, 0.5) is 0 Å². The molecule has 0 aliphatic rings. The third kappa shape index (κ3) is 4.95. The number of ether oxygens (including phenoxy) is 1. The molecular formula is C19H22N2O2. The van der Waals surface area contributed by atoms with Crippen LogP contribution in [0.3, 0.4) is 0 Å². The molecule has 4 heteroatoms. The van der Waals surface area contributed by atoms with Gasteiger partial charge in [-0.2, -0.15) is 5.10 Å². The van der Waals surface area contributed by atoms with Crippen molar-refractivity contribution < 1.29 is 9.53 Å². The predicted octanol–water partition coefficient (Wildman–Crippen LogP) is 3.59. The lowest BCUT2D eigenvalue weighted by Crippen LogP contribution is -2.25. The maximum absolute atomic E-state index is 11.8. The number of carbonyl (C=O) groups is 1. The first-order chi connectivity index (χ1) is 11.1. The standard InChI is InChI=1S/C19H22N2O2/c1-14-8-7-9-15(2)19(14)23-13-18(22)21-20-12-16(3)17-10-5-4-6-11-17/h4-12,16H,13H2,1-3H3,(H,21,22). The number of benzene rings is 2. The minimum atomic E-state index is -0.274. The number of hydrogen-bond donors (Lipinski definition) is 1. The summed E-state index contributed by atoms with van der Waals surface area (Å²) in [6.07, 6.45) is 1.71. The Morgan fingerprint density at radius 2 is 1.78 bits per heavy atom. The van der Waals surface area contributed by atoms with E-state index in [9.17, 15) is 4.79 Å². The molecular weight excluding hydrogens is 288 g/mol. The highest BCUT2D eigenvalue weighted by molar-refractivity contribution is 5.79. The number of carbonyl (C=O) groups excluding carboxylic acids is 1. The normalized spacial score (nSPS) is 12.1. The van der Waals surface area contributed by atoms with Crippen molar-refractivity contribution in [2.24, 2.45) is 5.10 Å². The molecule has 1 unspecified atom stereocenters. The van der Waals surface area contributed by atoms with Gasteiger partial charge in [0.05, 0.1) is 0 Å². The smallest absolute Gasteiger partial charge is 0.277 e. The molecule has 0 saturated heterocycles. The van der Waals surface area contributed by atoms with E-state index in [0.717, 1.165) is 22.4 Å². The second kappa shape index (κ2) is 8.13. The fourth-order valence-electron chi connectivity index (χ4n) is 2.26. The van der Waals surface area contributed by atoms with E-state index in [-0.39, 0.29) is 18.4 Å². The summed E-state index contributed by atoms with van der Waals surface area (Å²) in [5.41, 5.74) is 5.67. The molecule has 2 aromatic rings. The summed E-state index contributed by atoms with van der Waals surface area (Å²) in [7, 11) is 0. The monoisotopic (exact) mass is 310 g/mol. The summed E-state index contributed by atoms with van der Waals surface area (Å²) >= 11 is 0. The third-order valence-corrected chi connectivity index (χ3v) is 3.57. The Morgan fingerprint density at radius 1 is 1.13 bits per heavy atom. The predicted molar refractivity (Wildman–Crippen MR) is 92.9 cm³/mol. The lowest BCUT2D eigenvalue weighted by molar-refractivity contribution is -0.123. The van der Waals surface area contributed by atoms with Gasteiger partial charge >= 0.3 is 0 Å². The van der Waals surface area contributed by atoms with Gasteiger partial charge in [-0.25, -0.2) is 5.43 Å². The maximum atomic E-state index is 11.8. The summed E-state index contributed by atoms with van der Waals surface area (Å²) < 4.78 is 5.59. The molecule has 120 valence electrons. The van der Waals surface area contributed by atoms with Crippen molar-refractivity contribution in [2.45, 2.75) is 26.7 Å². The van der Waals surface area contributed by atoms with Crippen molar-refractivity contribution in [3.05, 3.63) is 65.2 Å². The van der Waals surface area contributed by atoms with Crippen LogP contribution in [0.1, 0.15) is 29.5 Å². The van der Waals surface area contributed by atoms with E-state index in [4.69, 9.17) is 4.74 Å². The van der Waals surface area contributed by atoms with E-state index in [0.29, 0.717) is 0 Å². The Balaban J connectivity index is 1.82. The minimum Gasteiger partial charge on any atom is -0.483 e. The fourth-order valence-corrected chi connectivity index (χ4v) is 2.26. The molecule has 2 rings (SSSR count). The van der Waals surface area contributed by atoms with Gasteiger partial charge in [0.15, 0.2) is 6.61 Å². The van der Waals surface area contributed by atoms with Gasteiger partial charge < -0.3 is 4.74 Å². The number of hydrogen-bond acceptors (Lipinski definition) is 3. The quantitative estimate of drug-likeness (QED) is 0.655. The average molecular weight is 310 g/mol. The van der Waals surface area contributed by atoms with Crippen LogP contribution in [0.2, 0.25) is 0 Å². The molecule has 0 radical (unpaired) electrons. The summed E-state index contributed by atoms with van der Waals surface area (Å²) in [5, 5.41) is 4.00. The summed E-state index contributed by atoms with van der Waals surface area (Å²) in [5.74, 6) is 0.615. The molecule has 1 amide bonds. The molecule has 0 aliphatic heterocycles. The zero-order chi connectivity index (χ0) is 16.7. The highest BCUT2D eigenvalue weighted by atomic mass is 16.5. The molecule has 23 heavy (non-hydrogen) atoms. The van der Waals surface area contributed by atoms with Gasteiger partial charge in [-0.1, -0.05) is 55.5 Å². The van der Waals surface area contributed by atoms with Crippen LogP contribution < -0.4 is 10.2 Å². The Labute approximate surface area is 137 Å². The topological polar surface area (TPSA) is 50.7 Å². The molecule has 0 fully saturated rings. The number of amides is 1. The van der Waals surface area contributed by atoms with Crippen molar-refractivity contribution in [2.75, 3.05) is 6.61 Å². The molecule has 0 heterocycles.